The molecular formula is C14H12N4O2S. The maximum absolute atomic E-state index is 11.9. The number of ether oxygens (including phenoxy) is 1. The molecule has 106 valence electrons. The van der Waals surface area contributed by atoms with Crippen LogP contribution in [0.3, 0.4) is 0 Å². The van der Waals surface area contributed by atoms with Crippen LogP contribution in [0.1, 0.15) is 16.3 Å². The Kier molecular flexibility index (Phi) is 3.49. The third kappa shape index (κ3) is 2.68. The molecule has 0 spiro atoms. The number of hydrogen-bond donors (Lipinski definition) is 0. The first-order valence-corrected chi connectivity index (χ1v) is 7.04. The number of nitrogens with zero attached hydrogens (tertiary/aromatic N) is 4. The maximum Gasteiger partial charge on any atom is 0.296 e. The van der Waals surface area contributed by atoms with Gasteiger partial charge < -0.3 is 4.74 Å². The molecule has 3 rings (SSSR count). The van der Waals surface area contributed by atoms with Crippen LogP contribution in [0.5, 0.6) is 5.75 Å². The highest BCUT2D eigenvalue weighted by atomic mass is 32.1. The van der Waals surface area contributed by atoms with E-state index in [-0.39, 0.29) is 5.56 Å². The van der Waals surface area contributed by atoms with Crippen LogP contribution in [0.15, 0.2) is 29.1 Å². The van der Waals surface area contributed by atoms with Gasteiger partial charge in [0.2, 0.25) is 4.96 Å². The summed E-state index contributed by atoms with van der Waals surface area (Å²) < 4.78 is 6.39. The van der Waals surface area contributed by atoms with Gasteiger partial charge in [-0.3, -0.25) is 4.79 Å². The van der Waals surface area contributed by atoms with Crippen molar-refractivity contribution >= 4 is 28.4 Å². The molecule has 0 amide bonds. The van der Waals surface area contributed by atoms with Crippen LogP contribution in [0.2, 0.25) is 0 Å². The zero-order valence-electron chi connectivity index (χ0n) is 11.5. The number of aryl methyl sites for hydroxylation is 1. The maximum atomic E-state index is 11.9. The summed E-state index contributed by atoms with van der Waals surface area (Å²) in [6.45, 7) is 1.62. The molecule has 21 heavy (non-hydrogen) atoms. The Hall–Kier alpha value is -2.54. The second-order valence-electron chi connectivity index (χ2n) is 4.33. The lowest BCUT2D eigenvalue weighted by Gasteiger charge is -1.98. The van der Waals surface area contributed by atoms with Crippen molar-refractivity contribution in [3.8, 4) is 5.75 Å². The van der Waals surface area contributed by atoms with Crippen molar-refractivity contribution < 1.29 is 4.74 Å². The zero-order chi connectivity index (χ0) is 14.8. The largest absolute Gasteiger partial charge is 0.497 e. The van der Waals surface area contributed by atoms with E-state index in [1.54, 1.807) is 14.0 Å². The van der Waals surface area contributed by atoms with Gasteiger partial charge >= 0.3 is 0 Å². The molecule has 7 heteroatoms. The smallest absolute Gasteiger partial charge is 0.296 e. The van der Waals surface area contributed by atoms with Gasteiger partial charge in [-0.25, -0.2) is 0 Å². The van der Waals surface area contributed by atoms with E-state index in [2.05, 4.69) is 15.3 Å². The minimum absolute atomic E-state index is 0.236. The van der Waals surface area contributed by atoms with Gasteiger partial charge in [-0.05, 0) is 30.7 Å². The fraction of sp³-hybridized carbons (Fsp3) is 0.143. The van der Waals surface area contributed by atoms with E-state index in [9.17, 15) is 4.79 Å². The molecule has 1 aromatic carbocycles. The molecule has 2 aromatic heterocycles. The molecule has 0 fully saturated rings. The Labute approximate surface area is 124 Å². The van der Waals surface area contributed by atoms with E-state index in [4.69, 9.17) is 4.74 Å². The van der Waals surface area contributed by atoms with Crippen LogP contribution in [0.4, 0.5) is 0 Å². The van der Waals surface area contributed by atoms with Crippen molar-refractivity contribution in [1.29, 1.82) is 0 Å². The number of methoxy groups -OCH3 is 1. The first-order chi connectivity index (χ1) is 10.2. The van der Waals surface area contributed by atoms with Gasteiger partial charge in [-0.15, -0.1) is 10.2 Å². The topological polar surface area (TPSA) is 69.4 Å². The molecule has 0 N–H and O–H groups in total. The van der Waals surface area contributed by atoms with E-state index in [1.807, 2.05) is 36.4 Å². The zero-order valence-corrected chi connectivity index (χ0v) is 12.3. The SMILES string of the molecule is COc1ccc(C=Cc2nn3c(=O)c(C)nnc3s2)cc1. The highest BCUT2D eigenvalue weighted by molar-refractivity contribution is 7.17. The summed E-state index contributed by atoms with van der Waals surface area (Å²) in [5.74, 6) is 0.810. The summed E-state index contributed by atoms with van der Waals surface area (Å²) in [6.07, 6.45) is 3.76. The molecule has 2 heterocycles. The van der Waals surface area contributed by atoms with Crippen LogP contribution < -0.4 is 10.3 Å². The number of hydrogen-bond acceptors (Lipinski definition) is 6. The normalized spacial score (nSPS) is 11.3. The van der Waals surface area contributed by atoms with E-state index < -0.39 is 0 Å². The second kappa shape index (κ2) is 5.45. The number of aromatic nitrogens is 4. The molecule has 0 unspecified atom stereocenters. The lowest BCUT2D eigenvalue weighted by atomic mass is 10.2. The summed E-state index contributed by atoms with van der Waals surface area (Å²) in [4.78, 5) is 12.3. The number of fused-ring (bicyclic) bond motifs is 1. The van der Waals surface area contributed by atoms with Crippen LogP contribution in [0, 0.1) is 6.92 Å². The highest BCUT2D eigenvalue weighted by Crippen LogP contribution is 2.16. The van der Waals surface area contributed by atoms with Crippen molar-refractivity contribution in [2.45, 2.75) is 6.92 Å². The van der Waals surface area contributed by atoms with Crippen molar-refractivity contribution in [2.75, 3.05) is 7.11 Å². The van der Waals surface area contributed by atoms with Crippen molar-refractivity contribution in [1.82, 2.24) is 19.8 Å². The van der Waals surface area contributed by atoms with Gasteiger partial charge in [0.05, 0.1) is 7.11 Å². The van der Waals surface area contributed by atoms with Gasteiger partial charge in [0, 0.05) is 0 Å². The summed E-state index contributed by atoms with van der Waals surface area (Å²) in [5, 5.41) is 12.7. The number of benzene rings is 1. The molecule has 0 bridgehead atoms. The molecule has 0 saturated carbocycles. The quantitative estimate of drug-likeness (QED) is 0.740. The third-order valence-corrected chi connectivity index (χ3v) is 3.76. The molecule has 0 aliphatic rings. The Balaban J connectivity index is 1.92. The highest BCUT2D eigenvalue weighted by Gasteiger charge is 2.07. The fourth-order valence-electron chi connectivity index (χ4n) is 1.76. The van der Waals surface area contributed by atoms with Crippen LogP contribution in [0.25, 0.3) is 17.1 Å². The van der Waals surface area contributed by atoms with E-state index in [1.165, 1.54) is 15.9 Å². The lowest BCUT2D eigenvalue weighted by Crippen LogP contribution is -2.19. The van der Waals surface area contributed by atoms with Crippen molar-refractivity contribution in [3.05, 3.63) is 50.9 Å². The Morgan fingerprint density at radius 2 is 1.95 bits per heavy atom. The molecule has 6 nitrogen and oxygen atoms in total. The third-order valence-electron chi connectivity index (χ3n) is 2.90. The van der Waals surface area contributed by atoms with E-state index >= 15 is 0 Å². The summed E-state index contributed by atoms with van der Waals surface area (Å²) in [7, 11) is 1.63. The molecule has 0 aliphatic heterocycles. The van der Waals surface area contributed by atoms with Crippen molar-refractivity contribution in [3.63, 3.8) is 0 Å². The molecule has 3 aromatic rings. The average molecular weight is 300 g/mol. The van der Waals surface area contributed by atoms with Gasteiger partial charge in [0.25, 0.3) is 5.56 Å². The van der Waals surface area contributed by atoms with E-state index in [0.29, 0.717) is 15.7 Å². The predicted molar refractivity (Wildman–Crippen MR) is 81.6 cm³/mol. The minimum Gasteiger partial charge on any atom is -0.497 e. The van der Waals surface area contributed by atoms with Crippen LogP contribution in [-0.4, -0.2) is 26.9 Å². The van der Waals surface area contributed by atoms with Crippen LogP contribution in [-0.2, 0) is 0 Å². The Bertz CT molecular complexity index is 865. The fourth-order valence-corrected chi connectivity index (χ4v) is 2.49. The molecule has 0 saturated heterocycles. The summed E-state index contributed by atoms with van der Waals surface area (Å²) in [5.41, 5.74) is 1.12. The van der Waals surface area contributed by atoms with Gasteiger partial charge in [0.15, 0.2) is 0 Å². The monoisotopic (exact) mass is 300 g/mol. The lowest BCUT2D eigenvalue weighted by molar-refractivity contribution is 0.415. The van der Waals surface area contributed by atoms with Gasteiger partial charge in [-0.1, -0.05) is 29.5 Å². The predicted octanol–water partition coefficient (Wildman–Crippen LogP) is 2.03. The Morgan fingerprint density at radius 1 is 1.19 bits per heavy atom. The molecular weight excluding hydrogens is 288 g/mol. The van der Waals surface area contributed by atoms with Gasteiger partial charge in [0.1, 0.15) is 16.5 Å². The van der Waals surface area contributed by atoms with Gasteiger partial charge in [-0.2, -0.15) is 9.61 Å². The molecule has 0 radical (unpaired) electrons. The average Bonchev–Trinajstić information content (AvgIpc) is 2.93. The Morgan fingerprint density at radius 3 is 2.67 bits per heavy atom. The molecule has 0 aliphatic carbocycles. The van der Waals surface area contributed by atoms with Crippen LogP contribution >= 0.6 is 11.3 Å². The minimum atomic E-state index is -0.236. The van der Waals surface area contributed by atoms with Crippen molar-refractivity contribution in [2.24, 2.45) is 0 Å². The summed E-state index contributed by atoms with van der Waals surface area (Å²) >= 11 is 1.31. The van der Waals surface area contributed by atoms with E-state index in [0.717, 1.165) is 11.3 Å². The number of rotatable bonds is 3. The molecule has 0 atom stereocenters. The second-order valence-corrected chi connectivity index (χ2v) is 5.32. The standard InChI is InChI=1S/C14H12N4O2S/c1-9-13(19)18-14(16-15-9)21-12(17-18)8-5-10-3-6-11(20-2)7-4-10/h3-8H,1-2H3. The first-order valence-electron chi connectivity index (χ1n) is 6.22. The summed E-state index contributed by atoms with van der Waals surface area (Å²) in [6, 6.07) is 7.66. The first kappa shape index (κ1) is 13.4.